The first kappa shape index (κ1) is 33.8. The van der Waals surface area contributed by atoms with E-state index in [2.05, 4.69) is 21.4 Å². The first-order valence-electron chi connectivity index (χ1n) is 14.3. The van der Waals surface area contributed by atoms with Gasteiger partial charge in [0.1, 0.15) is 11.6 Å². The minimum atomic E-state index is -1.22. The van der Waals surface area contributed by atoms with E-state index < -0.39 is 35.7 Å². The molecule has 0 aliphatic rings. The molecule has 0 unspecified atom stereocenters. The zero-order valence-corrected chi connectivity index (χ0v) is 25.4. The Balaban J connectivity index is 1.47. The fourth-order valence-electron chi connectivity index (χ4n) is 3.98. The number of aliphatic hydroxyl groups excluding tert-OH is 1. The lowest BCUT2D eigenvalue weighted by Crippen LogP contribution is -2.52. The average molecular weight is 605 g/mol. The third-order valence-corrected chi connectivity index (χ3v) is 6.24. The van der Waals surface area contributed by atoms with Crippen molar-refractivity contribution in [3.8, 4) is 11.1 Å². The van der Waals surface area contributed by atoms with E-state index in [0.717, 1.165) is 16.7 Å². The summed E-state index contributed by atoms with van der Waals surface area (Å²) < 4.78 is 5.17. The molecule has 3 aromatic carbocycles. The molecule has 0 aromatic heterocycles. The van der Waals surface area contributed by atoms with Crippen molar-refractivity contribution < 1.29 is 33.9 Å². The van der Waals surface area contributed by atoms with E-state index in [1.165, 1.54) is 6.92 Å². The smallest absolute Gasteiger partial charge is 0.407 e. The summed E-state index contributed by atoms with van der Waals surface area (Å²) in [6.45, 7) is 7.66. The van der Waals surface area contributed by atoms with Crippen LogP contribution in [-0.2, 0) is 21.0 Å². The highest BCUT2D eigenvalue weighted by Crippen LogP contribution is 2.21. The third-order valence-electron chi connectivity index (χ3n) is 6.24. The highest BCUT2D eigenvalue weighted by molar-refractivity contribution is 5.98. The molecule has 0 saturated carbocycles. The van der Waals surface area contributed by atoms with Crippen molar-refractivity contribution in [3.05, 3.63) is 95.6 Å². The van der Waals surface area contributed by atoms with Crippen molar-refractivity contribution >= 4 is 23.8 Å². The summed E-state index contributed by atoms with van der Waals surface area (Å²) in [7, 11) is 0. The molecular weight excluding hydrogens is 564 g/mol. The minimum absolute atomic E-state index is 0.134. The lowest BCUT2D eigenvalue weighted by Gasteiger charge is -2.20. The molecule has 3 rings (SSSR count). The van der Waals surface area contributed by atoms with Crippen LogP contribution in [0.25, 0.3) is 11.1 Å². The van der Waals surface area contributed by atoms with E-state index in [9.17, 15) is 24.3 Å². The maximum Gasteiger partial charge on any atom is 0.407 e. The maximum atomic E-state index is 12.8. The van der Waals surface area contributed by atoms with Crippen LogP contribution in [0.5, 0.6) is 0 Å². The number of carbonyl (C=O) groups excluding carboxylic acids is 4. The van der Waals surface area contributed by atoms with Crippen LogP contribution < -0.4 is 21.4 Å². The van der Waals surface area contributed by atoms with E-state index in [1.807, 2.05) is 30.3 Å². The highest BCUT2D eigenvalue weighted by Gasteiger charge is 2.26. The first-order valence-corrected chi connectivity index (χ1v) is 14.3. The number of carbonyl (C=O) groups is 4. The van der Waals surface area contributed by atoms with Crippen LogP contribution >= 0.6 is 0 Å². The Morgan fingerprint density at radius 3 is 1.86 bits per heavy atom. The van der Waals surface area contributed by atoms with Gasteiger partial charge in [0.2, 0.25) is 0 Å². The second-order valence-electron chi connectivity index (χ2n) is 11.1. The number of hydroxylamine groups is 1. The molecular formula is C33H40N4O7. The number of hydrogen-bond acceptors (Lipinski definition) is 7. The Labute approximate surface area is 257 Å². The van der Waals surface area contributed by atoms with Gasteiger partial charge in [0.15, 0.2) is 0 Å². The number of ether oxygens (including phenoxy) is 1. The fraction of sp³-hybridized carbons (Fsp3) is 0.333. The van der Waals surface area contributed by atoms with Crippen molar-refractivity contribution in [1.82, 2.24) is 21.4 Å². The summed E-state index contributed by atoms with van der Waals surface area (Å²) in [5, 5.41) is 18.1. The van der Waals surface area contributed by atoms with Crippen molar-refractivity contribution in [1.29, 1.82) is 0 Å². The predicted molar refractivity (Wildman–Crippen MR) is 165 cm³/mol. The minimum Gasteiger partial charge on any atom is -0.444 e. The summed E-state index contributed by atoms with van der Waals surface area (Å²) in [5.74, 6) is -1.44. The van der Waals surface area contributed by atoms with E-state index in [1.54, 1.807) is 69.3 Å². The standard InChI is InChI=1S/C33H40N4O7/c1-22(38)28(31(41)37-43-21-23-9-6-5-7-10-23)36-30(40)27-17-13-25(14-18-27)24-11-15-26(16-12-24)29(39)34-19-8-20-35-32(42)44-33(2,3)4/h5-7,9-18,22,28,38H,8,19-21H2,1-4H3,(H,34,39)(H,35,42)(H,36,40)(H,37,41)/t22-,28+/m1/s1. The zero-order chi connectivity index (χ0) is 32.1. The number of alkyl carbamates (subject to hydrolysis) is 1. The molecule has 4 amide bonds. The van der Waals surface area contributed by atoms with Gasteiger partial charge < -0.3 is 25.8 Å². The summed E-state index contributed by atoms with van der Waals surface area (Å²) >= 11 is 0. The van der Waals surface area contributed by atoms with Gasteiger partial charge in [-0.15, -0.1) is 0 Å². The number of aliphatic hydroxyl groups is 1. The average Bonchev–Trinajstić information content (AvgIpc) is 2.99. The fourth-order valence-corrected chi connectivity index (χ4v) is 3.98. The summed E-state index contributed by atoms with van der Waals surface area (Å²) in [4.78, 5) is 54.8. The Kier molecular flexibility index (Phi) is 12.4. The van der Waals surface area contributed by atoms with Crippen molar-refractivity contribution in [2.75, 3.05) is 13.1 Å². The van der Waals surface area contributed by atoms with Gasteiger partial charge in [0.05, 0.1) is 12.7 Å². The molecule has 5 N–H and O–H groups in total. The monoisotopic (exact) mass is 604 g/mol. The van der Waals surface area contributed by atoms with Gasteiger partial charge in [0.25, 0.3) is 17.7 Å². The Morgan fingerprint density at radius 2 is 1.32 bits per heavy atom. The predicted octanol–water partition coefficient (Wildman–Crippen LogP) is 3.73. The van der Waals surface area contributed by atoms with Crippen LogP contribution in [0.15, 0.2) is 78.9 Å². The van der Waals surface area contributed by atoms with Crippen molar-refractivity contribution in [2.24, 2.45) is 0 Å². The van der Waals surface area contributed by atoms with Gasteiger partial charge in [0, 0.05) is 24.2 Å². The number of hydrogen-bond donors (Lipinski definition) is 5. The van der Waals surface area contributed by atoms with Crippen LogP contribution in [0, 0.1) is 0 Å². The normalized spacial score (nSPS) is 12.4. The van der Waals surface area contributed by atoms with Crippen LogP contribution in [0.3, 0.4) is 0 Å². The molecule has 2 atom stereocenters. The van der Waals surface area contributed by atoms with Crippen LogP contribution in [-0.4, -0.2) is 59.8 Å². The van der Waals surface area contributed by atoms with E-state index in [-0.39, 0.29) is 12.5 Å². The Bertz CT molecular complexity index is 1390. The molecule has 0 aliphatic heterocycles. The highest BCUT2D eigenvalue weighted by atomic mass is 16.7. The van der Waals surface area contributed by atoms with E-state index in [0.29, 0.717) is 30.6 Å². The molecule has 0 saturated heterocycles. The van der Waals surface area contributed by atoms with Gasteiger partial charge in [-0.05, 0) is 75.1 Å². The number of rotatable bonds is 13. The van der Waals surface area contributed by atoms with Crippen molar-refractivity contribution in [2.45, 2.75) is 58.5 Å². The van der Waals surface area contributed by atoms with Gasteiger partial charge in [-0.1, -0.05) is 54.6 Å². The quantitative estimate of drug-likeness (QED) is 0.147. The molecule has 0 heterocycles. The lowest BCUT2D eigenvalue weighted by atomic mass is 10.0. The van der Waals surface area contributed by atoms with Crippen LogP contribution in [0.2, 0.25) is 0 Å². The molecule has 0 bridgehead atoms. The number of nitrogens with one attached hydrogen (secondary N) is 4. The van der Waals surface area contributed by atoms with Gasteiger partial charge in [-0.25, -0.2) is 10.3 Å². The van der Waals surface area contributed by atoms with E-state index in [4.69, 9.17) is 9.57 Å². The molecule has 11 heteroatoms. The van der Waals surface area contributed by atoms with E-state index >= 15 is 0 Å². The first-order chi connectivity index (χ1) is 20.9. The topological polar surface area (TPSA) is 155 Å². The van der Waals surface area contributed by atoms with Crippen LogP contribution in [0.1, 0.15) is 60.4 Å². The number of benzene rings is 3. The Morgan fingerprint density at radius 1 is 0.773 bits per heavy atom. The molecule has 11 nitrogen and oxygen atoms in total. The van der Waals surface area contributed by atoms with Crippen LogP contribution in [0.4, 0.5) is 4.79 Å². The second-order valence-corrected chi connectivity index (χ2v) is 11.1. The molecule has 0 spiro atoms. The molecule has 0 aliphatic carbocycles. The summed E-state index contributed by atoms with van der Waals surface area (Å²) in [5.41, 5.74) is 5.01. The van der Waals surface area contributed by atoms with Crippen molar-refractivity contribution in [3.63, 3.8) is 0 Å². The molecule has 3 aromatic rings. The molecule has 44 heavy (non-hydrogen) atoms. The second kappa shape index (κ2) is 16.2. The molecule has 234 valence electrons. The van der Waals surface area contributed by atoms with Gasteiger partial charge in [-0.3, -0.25) is 19.2 Å². The third kappa shape index (κ3) is 11.2. The molecule has 0 radical (unpaired) electrons. The lowest BCUT2D eigenvalue weighted by molar-refractivity contribution is -0.139. The van der Waals surface area contributed by atoms with Gasteiger partial charge in [-0.2, -0.15) is 0 Å². The largest absolute Gasteiger partial charge is 0.444 e. The summed E-state index contributed by atoms with van der Waals surface area (Å²) in [6.07, 6.45) is -1.11. The zero-order valence-electron chi connectivity index (χ0n) is 25.4. The Hall–Kier alpha value is -4.74. The number of amides is 4. The summed E-state index contributed by atoms with van der Waals surface area (Å²) in [6, 6.07) is 21.8. The maximum absolute atomic E-state index is 12.8. The van der Waals surface area contributed by atoms with Gasteiger partial charge >= 0.3 is 6.09 Å². The SMILES string of the molecule is C[C@@H](O)[C@H](NC(=O)c1ccc(-c2ccc(C(=O)NCCCNC(=O)OC(C)(C)C)cc2)cc1)C(=O)NOCc1ccccc1. The molecule has 0 fully saturated rings.